The zero-order chi connectivity index (χ0) is 7.82. The fourth-order valence-corrected chi connectivity index (χ4v) is 0.721. The molecule has 60 valence electrons. The highest BCUT2D eigenvalue weighted by Crippen LogP contribution is 1.88. The molecule has 1 unspecified atom stereocenters. The van der Waals surface area contributed by atoms with Gasteiger partial charge in [-0.3, -0.25) is 0 Å². The summed E-state index contributed by atoms with van der Waals surface area (Å²) in [4.78, 5) is 0. The Morgan fingerprint density at radius 1 is 1.70 bits per heavy atom. The zero-order valence-electron chi connectivity index (χ0n) is 6.64. The van der Waals surface area contributed by atoms with E-state index in [1.54, 1.807) is 6.08 Å². The molecule has 0 aliphatic carbocycles. The van der Waals surface area contributed by atoms with Gasteiger partial charge in [-0.2, -0.15) is 0 Å². The van der Waals surface area contributed by atoms with Gasteiger partial charge in [-0.05, 0) is 19.4 Å². The van der Waals surface area contributed by atoms with Gasteiger partial charge in [0.25, 0.3) is 0 Å². The second kappa shape index (κ2) is 6.78. The summed E-state index contributed by atoms with van der Waals surface area (Å²) in [6.07, 6.45) is 3.26. The van der Waals surface area contributed by atoms with Gasteiger partial charge >= 0.3 is 0 Å². The fourth-order valence-electron chi connectivity index (χ4n) is 0.721. The summed E-state index contributed by atoms with van der Waals surface area (Å²) in [6.45, 7) is 7.31. The van der Waals surface area contributed by atoms with Crippen LogP contribution in [0.2, 0.25) is 0 Å². The minimum atomic E-state index is -0.260. The lowest BCUT2D eigenvalue weighted by atomic mass is 10.2. The van der Waals surface area contributed by atoms with Crippen molar-refractivity contribution in [1.82, 2.24) is 5.32 Å². The molecule has 1 atom stereocenters. The van der Waals surface area contributed by atoms with E-state index in [9.17, 15) is 0 Å². The number of aliphatic hydroxyl groups excluding tert-OH is 1. The van der Waals surface area contributed by atoms with Crippen LogP contribution >= 0.6 is 0 Å². The maximum Gasteiger partial charge on any atom is 0.0698 e. The van der Waals surface area contributed by atoms with E-state index in [0.29, 0.717) is 13.0 Å². The van der Waals surface area contributed by atoms with Crippen LogP contribution in [0.5, 0.6) is 0 Å². The third kappa shape index (κ3) is 5.79. The molecule has 0 bridgehead atoms. The molecule has 0 aromatic heterocycles. The van der Waals surface area contributed by atoms with Crippen LogP contribution in [0.4, 0.5) is 0 Å². The number of aliphatic hydroxyl groups is 1. The van der Waals surface area contributed by atoms with Crippen molar-refractivity contribution in [3.05, 3.63) is 12.7 Å². The minimum absolute atomic E-state index is 0.260. The van der Waals surface area contributed by atoms with Gasteiger partial charge in [0.2, 0.25) is 0 Å². The lowest BCUT2D eigenvalue weighted by Gasteiger charge is -2.07. The maximum absolute atomic E-state index is 9.14. The van der Waals surface area contributed by atoms with Crippen LogP contribution < -0.4 is 5.32 Å². The first-order valence-electron chi connectivity index (χ1n) is 3.81. The van der Waals surface area contributed by atoms with Crippen molar-refractivity contribution in [1.29, 1.82) is 0 Å². The molecule has 0 aromatic carbocycles. The molecule has 0 saturated carbocycles. The molecule has 0 fully saturated rings. The van der Waals surface area contributed by atoms with Crippen LogP contribution in [0.25, 0.3) is 0 Å². The molecule has 0 aliphatic heterocycles. The minimum Gasteiger partial charge on any atom is -0.391 e. The van der Waals surface area contributed by atoms with E-state index in [1.807, 2.05) is 0 Å². The Hall–Kier alpha value is -0.340. The predicted molar refractivity (Wildman–Crippen MR) is 44.0 cm³/mol. The summed E-state index contributed by atoms with van der Waals surface area (Å²) >= 11 is 0. The molecule has 0 saturated heterocycles. The van der Waals surface area contributed by atoms with Gasteiger partial charge in [0.15, 0.2) is 0 Å². The molecule has 0 amide bonds. The van der Waals surface area contributed by atoms with E-state index in [-0.39, 0.29) is 6.10 Å². The molecule has 2 nitrogen and oxygen atoms in total. The Morgan fingerprint density at radius 2 is 2.40 bits per heavy atom. The Bertz CT molecular complexity index is 83.3. The van der Waals surface area contributed by atoms with Gasteiger partial charge in [-0.15, -0.1) is 6.58 Å². The first-order chi connectivity index (χ1) is 4.81. The molecule has 0 aromatic rings. The highest BCUT2D eigenvalue weighted by molar-refractivity contribution is 4.73. The van der Waals surface area contributed by atoms with Crippen LogP contribution in [-0.4, -0.2) is 24.3 Å². The van der Waals surface area contributed by atoms with Gasteiger partial charge in [-0.1, -0.05) is 13.0 Å². The average molecular weight is 143 g/mol. The van der Waals surface area contributed by atoms with Gasteiger partial charge in [0.05, 0.1) is 6.10 Å². The summed E-state index contributed by atoms with van der Waals surface area (Å²) in [5.41, 5.74) is 0. The Labute approximate surface area is 62.9 Å². The summed E-state index contributed by atoms with van der Waals surface area (Å²) < 4.78 is 0. The standard InChI is InChI=1S/C8H17NO/c1-3-5-8(10)7-9-6-4-2/h3,8-10H,1,4-7H2,2H3. The first kappa shape index (κ1) is 9.66. The Kier molecular flexibility index (Phi) is 6.55. The average Bonchev–Trinajstić information content (AvgIpc) is 1.89. The van der Waals surface area contributed by atoms with Crippen LogP contribution in [0.1, 0.15) is 19.8 Å². The van der Waals surface area contributed by atoms with Crippen molar-refractivity contribution in [2.24, 2.45) is 0 Å². The summed E-state index contributed by atoms with van der Waals surface area (Å²) in [7, 11) is 0. The molecule has 0 rings (SSSR count). The Morgan fingerprint density at radius 3 is 2.90 bits per heavy atom. The number of rotatable bonds is 6. The van der Waals surface area contributed by atoms with Crippen molar-refractivity contribution in [3.63, 3.8) is 0 Å². The number of hydrogen-bond donors (Lipinski definition) is 2. The molecule has 0 aliphatic rings. The molecule has 2 N–H and O–H groups in total. The van der Waals surface area contributed by atoms with E-state index < -0.39 is 0 Å². The molecular formula is C8H17NO. The van der Waals surface area contributed by atoms with Crippen molar-refractivity contribution in [2.75, 3.05) is 13.1 Å². The third-order valence-electron chi connectivity index (χ3n) is 1.25. The predicted octanol–water partition coefficient (Wildman–Crippen LogP) is 0.923. The van der Waals surface area contributed by atoms with Crippen molar-refractivity contribution >= 4 is 0 Å². The first-order valence-corrected chi connectivity index (χ1v) is 3.81. The lowest BCUT2D eigenvalue weighted by Crippen LogP contribution is -2.26. The van der Waals surface area contributed by atoms with Crippen LogP contribution in [0.3, 0.4) is 0 Å². The van der Waals surface area contributed by atoms with E-state index >= 15 is 0 Å². The normalized spacial score (nSPS) is 13.0. The second-order valence-corrected chi connectivity index (χ2v) is 2.38. The highest BCUT2D eigenvalue weighted by atomic mass is 16.3. The largest absolute Gasteiger partial charge is 0.391 e. The number of nitrogens with one attached hydrogen (secondary N) is 1. The van der Waals surface area contributed by atoms with Gasteiger partial charge in [0.1, 0.15) is 0 Å². The molecular weight excluding hydrogens is 126 g/mol. The van der Waals surface area contributed by atoms with Crippen LogP contribution in [0, 0.1) is 0 Å². The molecule has 0 heterocycles. The fraction of sp³-hybridized carbons (Fsp3) is 0.750. The number of hydrogen-bond acceptors (Lipinski definition) is 2. The smallest absolute Gasteiger partial charge is 0.0698 e. The van der Waals surface area contributed by atoms with E-state index in [1.165, 1.54) is 0 Å². The zero-order valence-corrected chi connectivity index (χ0v) is 6.64. The second-order valence-electron chi connectivity index (χ2n) is 2.38. The molecule has 10 heavy (non-hydrogen) atoms. The summed E-state index contributed by atoms with van der Waals surface area (Å²) in [6, 6.07) is 0. The third-order valence-corrected chi connectivity index (χ3v) is 1.25. The van der Waals surface area contributed by atoms with Gasteiger partial charge in [0, 0.05) is 6.54 Å². The van der Waals surface area contributed by atoms with E-state index in [2.05, 4.69) is 18.8 Å². The molecule has 0 radical (unpaired) electrons. The SMILES string of the molecule is C=CCC(O)CNCCC. The maximum atomic E-state index is 9.14. The van der Waals surface area contributed by atoms with Crippen molar-refractivity contribution < 1.29 is 5.11 Å². The highest BCUT2D eigenvalue weighted by Gasteiger charge is 1.97. The summed E-state index contributed by atoms with van der Waals surface area (Å²) in [5, 5.41) is 12.3. The van der Waals surface area contributed by atoms with Gasteiger partial charge in [-0.25, -0.2) is 0 Å². The van der Waals surface area contributed by atoms with E-state index in [0.717, 1.165) is 13.0 Å². The monoisotopic (exact) mass is 143 g/mol. The van der Waals surface area contributed by atoms with Crippen LogP contribution in [-0.2, 0) is 0 Å². The quantitative estimate of drug-likeness (QED) is 0.428. The van der Waals surface area contributed by atoms with E-state index in [4.69, 9.17) is 5.11 Å². The molecule has 0 spiro atoms. The van der Waals surface area contributed by atoms with Crippen LogP contribution in [0.15, 0.2) is 12.7 Å². The summed E-state index contributed by atoms with van der Waals surface area (Å²) in [5.74, 6) is 0. The van der Waals surface area contributed by atoms with Crippen molar-refractivity contribution in [3.8, 4) is 0 Å². The molecule has 2 heteroatoms. The topological polar surface area (TPSA) is 32.3 Å². The lowest BCUT2D eigenvalue weighted by molar-refractivity contribution is 0.175. The Balaban J connectivity index is 3.04. The van der Waals surface area contributed by atoms with Crippen molar-refractivity contribution in [2.45, 2.75) is 25.9 Å². The van der Waals surface area contributed by atoms with Gasteiger partial charge < -0.3 is 10.4 Å².